The van der Waals surface area contributed by atoms with E-state index >= 15 is 0 Å². The Morgan fingerprint density at radius 1 is 0.556 bits per heavy atom. The number of rotatable bonds is 0. The first-order chi connectivity index (χ1) is 8.29. The van der Waals surface area contributed by atoms with Gasteiger partial charge in [-0.15, -0.1) is 0 Å². The van der Waals surface area contributed by atoms with Crippen LogP contribution in [0.2, 0.25) is 0 Å². The summed E-state index contributed by atoms with van der Waals surface area (Å²) in [5, 5.41) is 0. The first-order valence-corrected chi connectivity index (χ1v) is 7.16. The topological polar surface area (TPSA) is 13.0 Å². The smallest absolute Gasteiger partial charge is 0.0808 e. The van der Waals surface area contributed by atoms with E-state index in [0.717, 1.165) is 0 Å². The predicted octanol–water partition coefficient (Wildman–Crippen LogP) is 0.947. The molecule has 0 saturated carbocycles. The van der Waals surface area contributed by atoms with Gasteiger partial charge in [-0.05, 0) is 55.9 Å². The molecule has 0 aliphatic carbocycles. The second-order valence-corrected chi connectivity index (χ2v) is 6.42. The standard InChI is InChI=1S/C14H30N4/c1-9-10(2)17(7)14-13(16(9)6)11(3)15(5)12(4)18(14)8/h9-14H,1-8H3. The van der Waals surface area contributed by atoms with Gasteiger partial charge in [0.05, 0.1) is 18.4 Å². The number of piperazine rings is 1. The van der Waals surface area contributed by atoms with Gasteiger partial charge in [0.15, 0.2) is 0 Å². The van der Waals surface area contributed by atoms with Gasteiger partial charge < -0.3 is 0 Å². The Morgan fingerprint density at radius 3 is 1.61 bits per heavy atom. The van der Waals surface area contributed by atoms with Gasteiger partial charge in [0.25, 0.3) is 0 Å². The molecule has 0 N–H and O–H groups in total. The van der Waals surface area contributed by atoms with Crippen LogP contribution in [0.3, 0.4) is 0 Å². The molecule has 2 saturated heterocycles. The zero-order valence-electron chi connectivity index (χ0n) is 13.3. The van der Waals surface area contributed by atoms with E-state index < -0.39 is 0 Å². The molecular weight excluding hydrogens is 224 g/mol. The molecular formula is C14H30N4. The van der Waals surface area contributed by atoms with Gasteiger partial charge in [-0.2, -0.15) is 0 Å². The first kappa shape index (κ1) is 14.3. The summed E-state index contributed by atoms with van der Waals surface area (Å²) in [6.45, 7) is 9.37. The summed E-state index contributed by atoms with van der Waals surface area (Å²) in [5.74, 6) is 0. The molecule has 2 rings (SSSR count). The van der Waals surface area contributed by atoms with Crippen molar-refractivity contribution in [1.29, 1.82) is 0 Å². The van der Waals surface area contributed by atoms with Crippen LogP contribution in [0.15, 0.2) is 0 Å². The molecule has 2 fully saturated rings. The van der Waals surface area contributed by atoms with Crippen LogP contribution in [-0.4, -0.2) is 84.3 Å². The van der Waals surface area contributed by atoms with Crippen molar-refractivity contribution in [2.45, 2.75) is 64.2 Å². The van der Waals surface area contributed by atoms with Crippen LogP contribution in [0.5, 0.6) is 0 Å². The fourth-order valence-corrected chi connectivity index (χ4v) is 3.85. The van der Waals surface area contributed by atoms with Crippen molar-refractivity contribution in [1.82, 2.24) is 19.6 Å². The third-order valence-corrected chi connectivity index (χ3v) is 5.91. The SMILES string of the molecule is CC1C(C)N(C)C2C(C(C)N(C)C(C)N2C)N1C. The minimum Gasteiger partial charge on any atom is -0.295 e. The lowest BCUT2D eigenvalue weighted by Gasteiger charge is -2.62. The van der Waals surface area contributed by atoms with Crippen LogP contribution in [0.4, 0.5) is 0 Å². The molecule has 4 nitrogen and oxygen atoms in total. The fraction of sp³-hybridized carbons (Fsp3) is 1.00. The lowest BCUT2D eigenvalue weighted by atomic mass is 9.90. The maximum Gasteiger partial charge on any atom is 0.0808 e. The van der Waals surface area contributed by atoms with E-state index in [1.807, 2.05) is 0 Å². The number of hydrogen-bond donors (Lipinski definition) is 0. The van der Waals surface area contributed by atoms with E-state index in [2.05, 4.69) is 75.5 Å². The largest absolute Gasteiger partial charge is 0.295 e. The molecule has 6 unspecified atom stereocenters. The molecule has 106 valence electrons. The van der Waals surface area contributed by atoms with Gasteiger partial charge in [0, 0.05) is 18.1 Å². The first-order valence-electron chi connectivity index (χ1n) is 7.16. The second-order valence-electron chi connectivity index (χ2n) is 6.42. The summed E-state index contributed by atoms with van der Waals surface area (Å²) >= 11 is 0. The molecule has 0 aromatic rings. The van der Waals surface area contributed by atoms with E-state index in [0.29, 0.717) is 36.5 Å². The van der Waals surface area contributed by atoms with Crippen molar-refractivity contribution < 1.29 is 0 Å². The Labute approximate surface area is 113 Å². The van der Waals surface area contributed by atoms with E-state index in [9.17, 15) is 0 Å². The summed E-state index contributed by atoms with van der Waals surface area (Å²) < 4.78 is 0. The van der Waals surface area contributed by atoms with Crippen molar-refractivity contribution in [2.24, 2.45) is 0 Å². The van der Waals surface area contributed by atoms with E-state index in [1.165, 1.54) is 0 Å². The van der Waals surface area contributed by atoms with E-state index in [1.54, 1.807) is 0 Å². The Morgan fingerprint density at radius 2 is 1.06 bits per heavy atom. The zero-order chi connectivity index (χ0) is 13.8. The molecule has 18 heavy (non-hydrogen) atoms. The molecule has 0 amide bonds. The van der Waals surface area contributed by atoms with Crippen LogP contribution < -0.4 is 0 Å². The second kappa shape index (κ2) is 4.75. The summed E-state index contributed by atoms with van der Waals surface area (Å²) in [5.41, 5.74) is 0. The molecule has 2 aliphatic rings. The Bertz CT molecular complexity index is 250. The monoisotopic (exact) mass is 254 g/mol. The van der Waals surface area contributed by atoms with Gasteiger partial charge >= 0.3 is 0 Å². The lowest BCUT2D eigenvalue weighted by molar-refractivity contribution is -0.173. The molecule has 0 aromatic heterocycles. The summed E-state index contributed by atoms with van der Waals surface area (Å²) in [7, 11) is 9.09. The third-order valence-electron chi connectivity index (χ3n) is 5.91. The Kier molecular flexibility index (Phi) is 3.76. The fourth-order valence-electron chi connectivity index (χ4n) is 3.85. The average molecular weight is 254 g/mol. The van der Waals surface area contributed by atoms with Gasteiger partial charge in [0.1, 0.15) is 0 Å². The van der Waals surface area contributed by atoms with Crippen LogP contribution in [-0.2, 0) is 0 Å². The van der Waals surface area contributed by atoms with Crippen molar-refractivity contribution in [2.75, 3.05) is 28.2 Å². The molecule has 4 heteroatoms. The number of fused-ring (bicyclic) bond motifs is 1. The van der Waals surface area contributed by atoms with Crippen molar-refractivity contribution in [3.05, 3.63) is 0 Å². The highest BCUT2D eigenvalue weighted by Gasteiger charge is 2.50. The van der Waals surface area contributed by atoms with Crippen LogP contribution in [0.1, 0.15) is 27.7 Å². The third kappa shape index (κ3) is 1.82. The van der Waals surface area contributed by atoms with Gasteiger partial charge in [-0.25, -0.2) is 0 Å². The average Bonchev–Trinajstić information content (AvgIpc) is 2.35. The highest BCUT2D eigenvalue weighted by atomic mass is 15.5. The molecule has 6 atom stereocenters. The Balaban J connectivity index is 2.36. The molecule has 0 spiro atoms. The highest BCUT2D eigenvalue weighted by molar-refractivity contribution is 5.04. The molecule has 2 aliphatic heterocycles. The summed E-state index contributed by atoms with van der Waals surface area (Å²) in [6, 6.07) is 2.37. The maximum atomic E-state index is 2.58. The Hall–Kier alpha value is -0.160. The molecule has 2 heterocycles. The van der Waals surface area contributed by atoms with Gasteiger partial charge in [0.2, 0.25) is 0 Å². The summed E-state index contributed by atoms with van der Waals surface area (Å²) in [6.07, 6.45) is 1.01. The lowest BCUT2D eigenvalue weighted by Crippen LogP contribution is -2.78. The number of nitrogens with zero attached hydrogens (tertiary/aromatic N) is 4. The molecule has 0 aromatic carbocycles. The van der Waals surface area contributed by atoms with Crippen molar-refractivity contribution in [3.63, 3.8) is 0 Å². The highest BCUT2D eigenvalue weighted by Crippen LogP contribution is 2.34. The van der Waals surface area contributed by atoms with Crippen LogP contribution in [0, 0.1) is 0 Å². The normalized spacial score (nSPS) is 49.3. The maximum absolute atomic E-state index is 2.58. The van der Waals surface area contributed by atoms with Gasteiger partial charge in [-0.1, -0.05) is 0 Å². The van der Waals surface area contributed by atoms with E-state index in [-0.39, 0.29) is 0 Å². The number of hydrogen-bond acceptors (Lipinski definition) is 4. The molecule has 0 radical (unpaired) electrons. The number of likely N-dealkylation sites (N-methyl/N-ethyl adjacent to an activating group) is 4. The minimum absolute atomic E-state index is 0.498. The molecule has 0 bridgehead atoms. The van der Waals surface area contributed by atoms with Crippen molar-refractivity contribution >= 4 is 0 Å². The zero-order valence-corrected chi connectivity index (χ0v) is 13.3. The van der Waals surface area contributed by atoms with E-state index in [4.69, 9.17) is 0 Å². The van der Waals surface area contributed by atoms with Crippen LogP contribution in [0.25, 0.3) is 0 Å². The quantitative estimate of drug-likeness (QED) is 0.638. The predicted molar refractivity (Wildman–Crippen MR) is 76.5 cm³/mol. The van der Waals surface area contributed by atoms with Crippen molar-refractivity contribution in [3.8, 4) is 0 Å². The minimum atomic E-state index is 0.498. The van der Waals surface area contributed by atoms with Crippen LogP contribution >= 0.6 is 0 Å². The summed E-state index contributed by atoms with van der Waals surface area (Å²) in [4.78, 5) is 10.2. The van der Waals surface area contributed by atoms with Gasteiger partial charge in [-0.3, -0.25) is 19.6 Å².